The summed E-state index contributed by atoms with van der Waals surface area (Å²) < 4.78 is 5.09. The van der Waals surface area contributed by atoms with E-state index >= 15 is 0 Å². The normalized spacial score (nSPS) is 9.00. The number of methoxy groups -OCH3 is 1. The Balaban J connectivity index is 3.14. The molecule has 1 aromatic carbocycles. The number of rotatable bonds is 3. The van der Waals surface area contributed by atoms with Crippen LogP contribution in [0.5, 0.6) is 5.75 Å². The summed E-state index contributed by atoms with van der Waals surface area (Å²) in [7, 11) is 1.64. The Hall–Kier alpha value is -1.44. The van der Waals surface area contributed by atoms with Crippen LogP contribution in [0.25, 0.3) is 5.70 Å². The third kappa shape index (κ3) is 3.01. The maximum absolute atomic E-state index is 5.09. The van der Waals surface area contributed by atoms with E-state index in [1.165, 1.54) is 0 Å². The first-order chi connectivity index (χ1) is 7.19. The van der Waals surface area contributed by atoms with Gasteiger partial charge >= 0.3 is 0 Å². The highest BCUT2D eigenvalue weighted by molar-refractivity contribution is 7.78. The van der Waals surface area contributed by atoms with E-state index in [4.69, 9.17) is 4.74 Å². The first-order valence-electron chi connectivity index (χ1n) is 4.59. The molecule has 0 aliphatic carbocycles. The van der Waals surface area contributed by atoms with Crippen molar-refractivity contribution in [3.05, 3.63) is 35.4 Å². The zero-order valence-corrected chi connectivity index (χ0v) is 9.89. The van der Waals surface area contributed by atoms with Crippen molar-refractivity contribution in [3.8, 4) is 5.75 Å². The number of ether oxygens (including phenoxy) is 1. The summed E-state index contributed by atoms with van der Waals surface area (Å²) in [6, 6.07) is 7.71. The molecule has 3 heteroatoms. The highest BCUT2D eigenvalue weighted by Gasteiger charge is 2.01. The Morgan fingerprint density at radius 1 is 1.27 bits per heavy atom. The molecule has 0 bridgehead atoms. The first-order valence-corrected chi connectivity index (χ1v) is 4.99. The van der Waals surface area contributed by atoms with Crippen molar-refractivity contribution in [2.75, 3.05) is 7.11 Å². The summed E-state index contributed by atoms with van der Waals surface area (Å²) in [5.41, 5.74) is 3.00. The predicted molar refractivity (Wildman–Crippen MR) is 66.3 cm³/mol. The van der Waals surface area contributed by atoms with Crippen LogP contribution in [0.3, 0.4) is 0 Å². The van der Waals surface area contributed by atoms with Gasteiger partial charge in [0.1, 0.15) is 5.75 Å². The minimum Gasteiger partial charge on any atom is -0.497 e. The van der Waals surface area contributed by atoms with Crippen molar-refractivity contribution in [2.24, 2.45) is 4.99 Å². The van der Waals surface area contributed by atoms with E-state index in [1.54, 1.807) is 7.11 Å². The summed E-state index contributed by atoms with van der Waals surface area (Å²) in [5, 5.41) is 2.40. The lowest BCUT2D eigenvalue weighted by atomic mass is 10.1. The van der Waals surface area contributed by atoms with Gasteiger partial charge < -0.3 is 4.74 Å². The SMILES string of the molecule is COc1ccc(C(N=C=S)=C(C)C)cc1. The summed E-state index contributed by atoms with van der Waals surface area (Å²) in [6.45, 7) is 3.99. The maximum atomic E-state index is 5.09. The van der Waals surface area contributed by atoms with Gasteiger partial charge in [-0.3, -0.25) is 0 Å². The van der Waals surface area contributed by atoms with Gasteiger partial charge in [0.15, 0.2) is 0 Å². The van der Waals surface area contributed by atoms with Crippen molar-refractivity contribution < 1.29 is 4.74 Å². The minimum absolute atomic E-state index is 0.832. The fourth-order valence-corrected chi connectivity index (χ4v) is 1.35. The molecule has 0 fully saturated rings. The van der Waals surface area contributed by atoms with E-state index in [0.717, 1.165) is 22.6 Å². The minimum atomic E-state index is 0.832. The Bertz CT molecular complexity index is 410. The first kappa shape index (κ1) is 11.6. The fraction of sp³-hybridized carbons (Fsp3) is 0.250. The van der Waals surface area contributed by atoms with Crippen molar-refractivity contribution in [1.29, 1.82) is 0 Å². The predicted octanol–water partition coefficient (Wildman–Crippen LogP) is 3.55. The number of benzene rings is 1. The molecule has 0 aliphatic heterocycles. The van der Waals surface area contributed by atoms with Gasteiger partial charge in [0, 0.05) is 5.56 Å². The molecule has 0 atom stereocenters. The van der Waals surface area contributed by atoms with Crippen molar-refractivity contribution in [1.82, 2.24) is 0 Å². The van der Waals surface area contributed by atoms with Crippen molar-refractivity contribution >= 4 is 23.1 Å². The molecule has 0 radical (unpaired) electrons. The smallest absolute Gasteiger partial charge is 0.118 e. The second kappa shape index (κ2) is 5.44. The van der Waals surface area contributed by atoms with Gasteiger partial charge in [-0.1, -0.05) is 0 Å². The molecule has 0 unspecified atom stereocenters. The molecule has 0 saturated heterocycles. The van der Waals surface area contributed by atoms with E-state index < -0.39 is 0 Å². The average molecular weight is 219 g/mol. The zero-order valence-electron chi connectivity index (χ0n) is 9.07. The molecule has 2 nitrogen and oxygen atoms in total. The number of hydrogen-bond donors (Lipinski definition) is 0. The summed E-state index contributed by atoms with van der Waals surface area (Å²) in [4.78, 5) is 4.05. The molecule has 78 valence electrons. The summed E-state index contributed by atoms with van der Waals surface area (Å²) in [5.74, 6) is 0.832. The van der Waals surface area contributed by atoms with Crippen LogP contribution < -0.4 is 4.74 Å². The summed E-state index contributed by atoms with van der Waals surface area (Å²) in [6.07, 6.45) is 0. The molecule has 1 rings (SSSR count). The fourth-order valence-electron chi connectivity index (χ4n) is 1.26. The van der Waals surface area contributed by atoms with Crippen molar-refractivity contribution in [3.63, 3.8) is 0 Å². The second-order valence-corrected chi connectivity index (χ2v) is 3.46. The van der Waals surface area contributed by atoms with Gasteiger partial charge in [-0.2, -0.15) is 4.99 Å². The van der Waals surface area contributed by atoms with E-state index in [9.17, 15) is 0 Å². The molecule has 0 aliphatic rings. The van der Waals surface area contributed by atoms with E-state index in [1.807, 2.05) is 38.1 Å². The van der Waals surface area contributed by atoms with Gasteiger partial charge in [-0.15, -0.1) is 0 Å². The zero-order chi connectivity index (χ0) is 11.3. The molecular formula is C12H13NOS. The molecule has 0 N–H and O–H groups in total. The van der Waals surface area contributed by atoms with Crippen LogP contribution in [0.2, 0.25) is 0 Å². The van der Waals surface area contributed by atoms with Crippen LogP contribution in [0.15, 0.2) is 34.8 Å². The van der Waals surface area contributed by atoms with Gasteiger partial charge in [0.2, 0.25) is 0 Å². The number of allylic oxidation sites excluding steroid dienone is 1. The number of isothiocyanates is 1. The number of hydrogen-bond acceptors (Lipinski definition) is 3. The van der Waals surface area contributed by atoms with E-state index in [2.05, 4.69) is 22.4 Å². The topological polar surface area (TPSA) is 21.6 Å². The van der Waals surface area contributed by atoms with Crippen LogP contribution in [-0.2, 0) is 0 Å². The molecule has 0 aromatic heterocycles. The lowest BCUT2D eigenvalue weighted by Crippen LogP contribution is -1.86. The Morgan fingerprint density at radius 2 is 1.87 bits per heavy atom. The van der Waals surface area contributed by atoms with Crippen LogP contribution in [-0.4, -0.2) is 12.3 Å². The van der Waals surface area contributed by atoms with E-state index in [0.29, 0.717) is 0 Å². The van der Waals surface area contributed by atoms with Gasteiger partial charge in [0.05, 0.1) is 18.0 Å². The maximum Gasteiger partial charge on any atom is 0.118 e. The summed E-state index contributed by atoms with van der Waals surface area (Å²) >= 11 is 4.62. The third-order valence-corrected chi connectivity index (χ3v) is 2.09. The second-order valence-electron chi connectivity index (χ2n) is 3.28. The van der Waals surface area contributed by atoms with Gasteiger partial charge in [-0.05, 0) is 55.9 Å². The Morgan fingerprint density at radius 3 is 2.27 bits per heavy atom. The van der Waals surface area contributed by atoms with Crippen LogP contribution in [0.4, 0.5) is 0 Å². The molecule has 1 aromatic rings. The average Bonchev–Trinajstić information content (AvgIpc) is 2.26. The number of nitrogens with zero attached hydrogens (tertiary/aromatic N) is 1. The van der Waals surface area contributed by atoms with Crippen molar-refractivity contribution in [2.45, 2.75) is 13.8 Å². The highest BCUT2D eigenvalue weighted by atomic mass is 32.1. The number of thiocarbonyl (C=S) groups is 1. The third-order valence-electron chi connectivity index (χ3n) is 1.99. The highest BCUT2D eigenvalue weighted by Crippen LogP contribution is 2.22. The van der Waals surface area contributed by atoms with E-state index in [-0.39, 0.29) is 0 Å². The Labute approximate surface area is 95.3 Å². The monoisotopic (exact) mass is 219 g/mol. The lowest BCUT2D eigenvalue weighted by Gasteiger charge is -2.04. The van der Waals surface area contributed by atoms with Gasteiger partial charge in [0.25, 0.3) is 0 Å². The van der Waals surface area contributed by atoms with Gasteiger partial charge in [-0.25, -0.2) is 0 Å². The van der Waals surface area contributed by atoms with Crippen LogP contribution >= 0.6 is 12.2 Å². The van der Waals surface area contributed by atoms with Crippen LogP contribution in [0, 0.1) is 0 Å². The molecule has 15 heavy (non-hydrogen) atoms. The molecule has 0 heterocycles. The standard InChI is InChI=1S/C12H13NOS/c1-9(2)12(13-8-15)10-4-6-11(14-3)7-5-10/h4-7H,1-3H3. The largest absolute Gasteiger partial charge is 0.497 e. The molecular weight excluding hydrogens is 206 g/mol. The van der Waals surface area contributed by atoms with Crippen LogP contribution in [0.1, 0.15) is 19.4 Å². The lowest BCUT2D eigenvalue weighted by molar-refractivity contribution is 0.415. The molecule has 0 saturated carbocycles. The Kier molecular flexibility index (Phi) is 4.22. The number of aliphatic imine (C=N–C) groups is 1. The quantitative estimate of drug-likeness (QED) is 0.572. The molecule has 0 spiro atoms. The molecule has 0 amide bonds.